The predicted octanol–water partition coefficient (Wildman–Crippen LogP) is 2.29. The number of methoxy groups -OCH3 is 2. The first-order valence-electron chi connectivity index (χ1n) is 8.49. The van der Waals surface area contributed by atoms with Crippen LogP contribution in [-0.2, 0) is 11.3 Å². The molecule has 0 radical (unpaired) electrons. The third kappa shape index (κ3) is 3.92. The van der Waals surface area contributed by atoms with E-state index in [4.69, 9.17) is 9.47 Å². The van der Waals surface area contributed by atoms with Gasteiger partial charge >= 0.3 is 0 Å². The van der Waals surface area contributed by atoms with Gasteiger partial charge in [-0.05, 0) is 36.8 Å². The van der Waals surface area contributed by atoms with Gasteiger partial charge in [0.25, 0.3) is 0 Å². The number of hydrogen-bond donors (Lipinski definition) is 1. The number of nitrogens with one attached hydrogen (secondary N) is 1. The van der Waals surface area contributed by atoms with Crippen molar-refractivity contribution in [3.05, 3.63) is 64.4 Å². The number of nitrogens with zero attached hydrogens (tertiary/aromatic N) is 2. The number of rotatable bonds is 6. The summed E-state index contributed by atoms with van der Waals surface area (Å²) in [6.07, 6.45) is 1.23. The number of carbonyl (C=O) groups is 1. The summed E-state index contributed by atoms with van der Waals surface area (Å²) in [7, 11) is 3.14. The monoisotopic (exact) mass is 367 g/mol. The number of ether oxygens (including phenoxy) is 2. The van der Waals surface area contributed by atoms with Crippen LogP contribution in [-0.4, -0.2) is 29.9 Å². The highest BCUT2D eigenvalue weighted by atomic mass is 16.5. The van der Waals surface area contributed by atoms with Crippen molar-refractivity contribution in [2.24, 2.45) is 0 Å². The minimum absolute atomic E-state index is 0.0123. The van der Waals surface area contributed by atoms with Crippen molar-refractivity contribution in [2.75, 3.05) is 14.2 Å². The van der Waals surface area contributed by atoms with Crippen molar-refractivity contribution in [3.63, 3.8) is 0 Å². The first-order valence-corrected chi connectivity index (χ1v) is 8.49. The van der Waals surface area contributed by atoms with Crippen LogP contribution in [0.25, 0.3) is 10.9 Å². The van der Waals surface area contributed by atoms with Crippen molar-refractivity contribution in [2.45, 2.75) is 19.5 Å². The summed E-state index contributed by atoms with van der Waals surface area (Å²) in [5.41, 5.74) is 1.35. The van der Waals surface area contributed by atoms with E-state index in [1.165, 1.54) is 10.9 Å². The fraction of sp³-hybridized carbons (Fsp3) is 0.250. The van der Waals surface area contributed by atoms with Crippen molar-refractivity contribution >= 4 is 16.8 Å². The third-order valence-electron chi connectivity index (χ3n) is 4.34. The standard InChI is InChI=1S/C20H21N3O4/c1-13(14-8-9-18(26-2)19(10-14)27-3)22-20(25)12-23-16-7-5-4-6-15(16)17(24)11-21-23/h4-11,13H,12H2,1-3H3,(H,22,25). The second kappa shape index (κ2) is 7.90. The maximum atomic E-state index is 12.5. The molecule has 0 spiro atoms. The molecule has 1 atom stereocenters. The Balaban J connectivity index is 1.77. The zero-order valence-electron chi connectivity index (χ0n) is 15.4. The molecule has 1 amide bonds. The van der Waals surface area contributed by atoms with E-state index in [9.17, 15) is 9.59 Å². The predicted molar refractivity (Wildman–Crippen MR) is 102 cm³/mol. The minimum atomic E-state index is -0.233. The molecule has 0 bridgehead atoms. The maximum Gasteiger partial charge on any atom is 0.242 e. The number of benzene rings is 2. The number of carbonyl (C=O) groups excluding carboxylic acids is 1. The van der Waals surface area contributed by atoms with Gasteiger partial charge in [-0.1, -0.05) is 18.2 Å². The molecule has 0 saturated heterocycles. The molecule has 27 heavy (non-hydrogen) atoms. The number of fused-ring (bicyclic) bond motifs is 1. The van der Waals surface area contributed by atoms with Gasteiger partial charge in [-0.15, -0.1) is 0 Å². The quantitative estimate of drug-likeness (QED) is 0.723. The van der Waals surface area contributed by atoms with Crippen molar-refractivity contribution in [1.82, 2.24) is 15.1 Å². The number of hydrogen-bond acceptors (Lipinski definition) is 5. The normalized spacial score (nSPS) is 11.8. The Morgan fingerprint density at radius 2 is 1.89 bits per heavy atom. The Labute approximate surface area is 156 Å². The lowest BCUT2D eigenvalue weighted by Gasteiger charge is -2.17. The van der Waals surface area contributed by atoms with Crippen LogP contribution >= 0.6 is 0 Å². The summed E-state index contributed by atoms with van der Waals surface area (Å²) in [6.45, 7) is 1.90. The SMILES string of the molecule is COc1ccc(C(C)NC(=O)Cn2ncc(=O)c3ccccc32)cc1OC. The van der Waals surface area contributed by atoms with Crippen LogP contribution in [0.5, 0.6) is 11.5 Å². The van der Waals surface area contributed by atoms with E-state index >= 15 is 0 Å². The molecule has 1 unspecified atom stereocenters. The molecule has 0 saturated carbocycles. The molecule has 1 heterocycles. The maximum absolute atomic E-state index is 12.5. The summed E-state index contributed by atoms with van der Waals surface area (Å²) >= 11 is 0. The number of amides is 1. The van der Waals surface area contributed by atoms with E-state index in [1.54, 1.807) is 38.5 Å². The molecule has 0 aliphatic heterocycles. The molecule has 1 N–H and O–H groups in total. The topological polar surface area (TPSA) is 82.5 Å². The highest BCUT2D eigenvalue weighted by molar-refractivity contribution is 5.81. The van der Waals surface area contributed by atoms with E-state index < -0.39 is 0 Å². The van der Waals surface area contributed by atoms with E-state index in [0.717, 1.165) is 5.56 Å². The molecule has 140 valence electrons. The minimum Gasteiger partial charge on any atom is -0.493 e. The van der Waals surface area contributed by atoms with Gasteiger partial charge in [0.15, 0.2) is 11.5 Å². The summed E-state index contributed by atoms with van der Waals surface area (Å²) in [4.78, 5) is 24.4. The van der Waals surface area contributed by atoms with Gasteiger partial charge in [-0.3, -0.25) is 14.3 Å². The molecule has 0 aliphatic rings. The Hall–Kier alpha value is -3.35. The molecule has 0 aliphatic carbocycles. The molecule has 3 rings (SSSR count). The first kappa shape index (κ1) is 18.4. The van der Waals surface area contributed by atoms with Crippen LogP contribution in [0.15, 0.2) is 53.5 Å². The van der Waals surface area contributed by atoms with Gasteiger partial charge in [0.05, 0.1) is 32.0 Å². The lowest BCUT2D eigenvalue weighted by molar-refractivity contribution is -0.122. The zero-order valence-corrected chi connectivity index (χ0v) is 15.4. The number of aromatic nitrogens is 2. The average molecular weight is 367 g/mol. The Kier molecular flexibility index (Phi) is 5.40. The van der Waals surface area contributed by atoms with E-state index in [-0.39, 0.29) is 23.9 Å². The van der Waals surface area contributed by atoms with Crippen molar-refractivity contribution < 1.29 is 14.3 Å². The second-order valence-corrected chi connectivity index (χ2v) is 6.09. The van der Waals surface area contributed by atoms with Gasteiger partial charge in [0.2, 0.25) is 11.3 Å². The third-order valence-corrected chi connectivity index (χ3v) is 4.34. The van der Waals surface area contributed by atoms with E-state index in [0.29, 0.717) is 22.4 Å². The second-order valence-electron chi connectivity index (χ2n) is 6.09. The highest BCUT2D eigenvalue weighted by Crippen LogP contribution is 2.29. The fourth-order valence-electron chi connectivity index (χ4n) is 2.92. The van der Waals surface area contributed by atoms with Gasteiger partial charge in [-0.25, -0.2) is 0 Å². The smallest absolute Gasteiger partial charge is 0.242 e. The Morgan fingerprint density at radius 3 is 2.63 bits per heavy atom. The lowest BCUT2D eigenvalue weighted by Crippen LogP contribution is -2.31. The van der Waals surface area contributed by atoms with Gasteiger partial charge < -0.3 is 14.8 Å². The summed E-state index contributed by atoms with van der Waals surface area (Å²) in [5, 5.41) is 7.56. The van der Waals surface area contributed by atoms with Crippen LogP contribution in [0.3, 0.4) is 0 Å². The van der Waals surface area contributed by atoms with Gasteiger partial charge in [0, 0.05) is 5.39 Å². The molecular weight excluding hydrogens is 346 g/mol. The summed E-state index contributed by atoms with van der Waals surface area (Å²) < 4.78 is 12.1. The van der Waals surface area contributed by atoms with Crippen LogP contribution in [0.4, 0.5) is 0 Å². The molecule has 1 aromatic heterocycles. The first-order chi connectivity index (χ1) is 13.0. The Bertz CT molecular complexity index is 1030. The summed E-state index contributed by atoms with van der Waals surface area (Å²) in [5.74, 6) is 1.02. The van der Waals surface area contributed by atoms with Gasteiger partial charge in [-0.2, -0.15) is 5.10 Å². The molecule has 2 aromatic carbocycles. The summed E-state index contributed by atoms with van der Waals surface area (Å²) in [6, 6.07) is 12.4. The largest absolute Gasteiger partial charge is 0.493 e. The molecular formula is C20H21N3O4. The van der Waals surface area contributed by atoms with Crippen molar-refractivity contribution in [1.29, 1.82) is 0 Å². The highest BCUT2D eigenvalue weighted by Gasteiger charge is 2.14. The van der Waals surface area contributed by atoms with Crippen LogP contribution in [0, 0.1) is 0 Å². The van der Waals surface area contributed by atoms with Crippen LogP contribution < -0.4 is 20.2 Å². The molecule has 3 aromatic rings. The van der Waals surface area contributed by atoms with Crippen molar-refractivity contribution in [3.8, 4) is 11.5 Å². The van der Waals surface area contributed by atoms with E-state index in [2.05, 4.69) is 10.4 Å². The average Bonchev–Trinajstić information content (AvgIpc) is 2.69. The van der Waals surface area contributed by atoms with Crippen LogP contribution in [0.1, 0.15) is 18.5 Å². The molecule has 0 fully saturated rings. The fourth-order valence-corrected chi connectivity index (χ4v) is 2.92. The van der Waals surface area contributed by atoms with Gasteiger partial charge in [0.1, 0.15) is 6.54 Å². The molecule has 7 heteroatoms. The number of para-hydroxylation sites is 1. The lowest BCUT2D eigenvalue weighted by atomic mass is 10.1. The molecule has 7 nitrogen and oxygen atoms in total. The zero-order chi connectivity index (χ0) is 19.4. The Morgan fingerprint density at radius 1 is 1.15 bits per heavy atom. The van der Waals surface area contributed by atoms with Crippen LogP contribution in [0.2, 0.25) is 0 Å². The van der Waals surface area contributed by atoms with E-state index in [1.807, 2.05) is 25.1 Å².